The molecule has 0 heterocycles. The van der Waals surface area contributed by atoms with Gasteiger partial charge in [-0.15, -0.1) is 0 Å². The highest BCUT2D eigenvalue weighted by molar-refractivity contribution is 5.96. The lowest BCUT2D eigenvalue weighted by Crippen LogP contribution is -2.01. The maximum Gasteiger partial charge on any atom is 0.311 e. The van der Waals surface area contributed by atoms with Crippen molar-refractivity contribution < 1.29 is 14.5 Å². The lowest BCUT2D eigenvalue weighted by atomic mass is 10.1. The van der Waals surface area contributed by atoms with Crippen molar-refractivity contribution in [1.29, 1.82) is 0 Å². The van der Waals surface area contributed by atoms with Gasteiger partial charge in [0, 0.05) is 18.1 Å². The molecule has 5 heteroatoms. The fraction of sp³-hybridized carbons (Fsp3) is 0.364. The largest absolute Gasteiger partial charge is 0.487 e. The summed E-state index contributed by atoms with van der Waals surface area (Å²) in [5.41, 5.74) is 0.179. The van der Waals surface area contributed by atoms with Crippen LogP contribution in [0.5, 0.6) is 5.75 Å². The molecule has 0 atom stereocenters. The third kappa shape index (κ3) is 2.56. The molecular weight excluding hydrogens is 210 g/mol. The van der Waals surface area contributed by atoms with Gasteiger partial charge in [0.1, 0.15) is 0 Å². The quantitative estimate of drug-likeness (QED) is 0.437. The molecule has 0 saturated carbocycles. The number of nitrogens with zero attached hydrogens (tertiary/aromatic N) is 1. The first-order valence-corrected chi connectivity index (χ1v) is 5.04. The van der Waals surface area contributed by atoms with Gasteiger partial charge in [-0.05, 0) is 19.1 Å². The minimum absolute atomic E-state index is 0.119. The van der Waals surface area contributed by atoms with Crippen LogP contribution in [0.25, 0.3) is 0 Å². The molecule has 1 aromatic carbocycles. The second-order valence-electron chi connectivity index (χ2n) is 3.15. The number of ketones is 1. The third-order valence-electron chi connectivity index (χ3n) is 2.10. The average Bonchev–Trinajstić information content (AvgIpc) is 2.28. The number of hydrogen-bond acceptors (Lipinski definition) is 4. The normalized spacial score (nSPS) is 9.88. The third-order valence-corrected chi connectivity index (χ3v) is 2.10. The molecule has 5 nitrogen and oxygen atoms in total. The van der Waals surface area contributed by atoms with Gasteiger partial charge >= 0.3 is 5.69 Å². The van der Waals surface area contributed by atoms with Gasteiger partial charge in [0.05, 0.1) is 11.5 Å². The van der Waals surface area contributed by atoms with Crippen molar-refractivity contribution in [3.8, 4) is 5.75 Å². The maximum atomic E-state index is 11.4. The topological polar surface area (TPSA) is 69.4 Å². The van der Waals surface area contributed by atoms with Gasteiger partial charge in [-0.2, -0.15) is 0 Å². The van der Waals surface area contributed by atoms with Crippen LogP contribution in [0, 0.1) is 10.1 Å². The lowest BCUT2D eigenvalue weighted by Gasteiger charge is -2.05. The molecule has 0 bridgehead atoms. The van der Waals surface area contributed by atoms with Crippen LogP contribution in [0.4, 0.5) is 5.69 Å². The highest BCUT2D eigenvalue weighted by Gasteiger charge is 2.17. The van der Waals surface area contributed by atoms with E-state index in [0.29, 0.717) is 18.6 Å². The number of hydrogen-bond donors (Lipinski definition) is 0. The predicted molar refractivity (Wildman–Crippen MR) is 58.9 cm³/mol. The smallest absolute Gasteiger partial charge is 0.311 e. The molecule has 0 aliphatic carbocycles. The number of Topliss-reactive ketones (excluding diaryl/α,β-unsaturated/α-hetero) is 1. The zero-order valence-electron chi connectivity index (χ0n) is 9.23. The van der Waals surface area contributed by atoms with Gasteiger partial charge in [-0.25, -0.2) is 0 Å². The fourth-order valence-corrected chi connectivity index (χ4v) is 1.32. The fourth-order valence-electron chi connectivity index (χ4n) is 1.32. The molecule has 86 valence electrons. The van der Waals surface area contributed by atoms with Crippen molar-refractivity contribution in [3.05, 3.63) is 33.9 Å². The molecule has 0 aromatic heterocycles. The number of carbonyl (C=O) groups excluding carboxylic acids is 1. The monoisotopic (exact) mass is 223 g/mol. The molecule has 16 heavy (non-hydrogen) atoms. The zero-order valence-corrected chi connectivity index (χ0v) is 9.23. The van der Waals surface area contributed by atoms with Gasteiger partial charge in [-0.3, -0.25) is 14.9 Å². The minimum atomic E-state index is -0.544. The standard InChI is InChI=1S/C11H13NO4/c1-3-10(13)8-5-6-11(16-4-2)9(7-8)12(14)15/h5-7H,3-4H2,1-2H3. The Balaban J connectivity index is 3.17. The van der Waals surface area contributed by atoms with E-state index in [0.717, 1.165) is 0 Å². The second kappa shape index (κ2) is 5.25. The molecule has 0 saturated heterocycles. The summed E-state index contributed by atoms with van der Waals surface area (Å²) in [7, 11) is 0. The van der Waals surface area contributed by atoms with Gasteiger partial charge in [0.2, 0.25) is 0 Å². The van der Waals surface area contributed by atoms with Crippen LogP contribution in [0.2, 0.25) is 0 Å². The van der Waals surface area contributed by atoms with Crippen molar-refractivity contribution in [2.24, 2.45) is 0 Å². The van der Waals surface area contributed by atoms with Crippen LogP contribution in [-0.2, 0) is 0 Å². The van der Waals surface area contributed by atoms with Gasteiger partial charge in [-0.1, -0.05) is 6.92 Å². The number of carbonyl (C=O) groups is 1. The van der Waals surface area contributed by atoms with Crippen LogP contribution in [0.3, 0.4) is 0 Å². The Morgan fingerprint density at radius 1 is 1.44 bits per heavy atom. The Morgan fingerprint density at radius 2 is 2.12 bits per heavy atom. The summed E-state index contributed by atoms with van der Waals surface area (Å²) in [5, 5.41) is 10.8. The average molecular weight is 223 g/mol. The molecular formula is C11H13NO4. The molecule has 0 N–H and O–H groups in total. The number of benzene rings is 1. The summed E-state index contributed by atoms with van der Waals surface area (Å²) in [6.45, 7) is 3.81. The van der Waals surface area contributed by atoms with E-state index in [4.69, 9.17) is 4.74 Å². The van der Waals surface area contributed by atoms with E-state index >= 15 is 0 Å². The molecule has 1 aromatic rings. The van der Waals surface area contributed by atoms with Crippen molar-refractivity contribution >= 4 is 11.5 Å². The van der Waals surface area contributed by atoms with Crippen LogP contribution < -0.4 is 4.74 Å². The number of nitro benzene ring substituents is 1. The van der Waals surface area contributed by atoms with E-state index in [2.05, 4.69) is 0 Å². The van der Waals surface area contributed by atoms with E-state index in [1.54, 1.807) is 19.9 Å². The minimum Gasteiger partial charge on any atom is -0.487 e. The Labute approximate surface area is 93.2 Å². The Kier molecular flexibility index (Phi) is 3.99. The molecule has 0 unspecified atom stereocenters. The zero-order chi connectivity index (χ0) is 12.1. The Hall–Kier alpha value is -1.91. The molecule has 0 aliphatic rings. The first-order valence-electron chi connectivity index (χ1n) is 5.04. The number of nitro groups is 1. The molecule has 1 rings (SSSR count). The van der Waals surface area contributed by atoms with Crippen LogP contribution in [0.15, 0.2) is 18.2 Å². The summed E-state index contributed by atoms with van der Waals surface area (Å²) in [5.74, 6) is 0.0753. The van der Waals surface area contributed by atoms with Crippen LogP contribution >= 0.6 is 0 Å². The Morgan fingerprint density at radius 3 is 2.62 bits per heavy atom. The van der Waals surface area contributed by atoms with E-state index in [1.807, 2.05) is 0 Å². The lowest BCUT2D eigenvalue weighted by molar-refractivity contribution is -0.385. The number of rotatable bonds is 5. The first kappa shape index (κ1) is 12.2. The Bertz CT molecular complexity index is 414. The van der Waals surface area contributed by atoms with E-state index in [9.17, 15) is 14.9 Å². The highest BCUT2D eigenvalue weighted by atomic mass is 16.6. The van der Waals surface area contributed by atoms with Crippen molar-refractivity contribution in [2.75, 3.05) is 6.61 Å². The summed E-state index contributed by atoms with van der Waals surface area (Å²) in [6, 6.07) is 4.27. The number of ether oxygens (including phenoxy) is 1. The maximum absolute atomic E-state index is 11.4. The van der Waals surface area contributed by atoms with Crippen molar-refractivity contribution in [2.45, 2.75) is 20.3 Å². The van der Waals surface area contributed by atoms with Crippen molar-refractivity contribution in [3.63, 3.8) is 0 Å². The van der Waals surface area contributed by atoms with E-state index in [1.165, 1.54) is 12.1 Å². The predicted octanol–water partition coefficient (Wildman–Crippen LogP) is 2.59. The first-order chi connectivity index (χ1) is 7.60. The van der Waals surface area contributed by atoms with Crippen LogP contribution in [0.1, 0.15) is 30.6 Å². The molecule has 0 radical (unpaired) electrons. The highest BCUT2D eigenvalue weighted by Crippen LogP contribution is 2.28. The molecule has 0 spiro atoms. The summed E-state index contributed by atoms with van der Waals surface area (Å²) in [4.78, 5) is 21.6. The van der Waals surface area contributed by atoms with Crippen LogP contribution in [-0.4, -0.2) is 17.3 Å². The SMILES string of the molecule is CCOc1ccc(C(=O)CC)cc1[N+](=O)[O-]. The van der Waals surface area contributed by atoms with Crippen molar-refractivity contribution in [1.82, 2.24) is 0 Å². The molecule has 0 aliphatic heterocycles. The molecule has 0 amide bonds. The summed E-state index contributed by atoms with van der Waals surface area (Å²) >= 11 is 0. The van der Waals surface area contributed by atoms with E-state index in [-0.39, 0.29) is 17.2 Å². The van der Waals surface area contributed by atoms with Gasteiger partial charge < -0.3 is 4.74 Å². The second-order valence-corrected chi connectivity index (χ2v) is 3.15. The summed E-state index contributed by atoms with van der Waals surface area (Å²) < 4.78 is 5.11. The summed E-state index contributed by atoms with van der Waals surface area (Å²) in [6.07, 6.45) is 0.325. The molecule has 0 fully saturated rings. The van der Waals surface area contributed by atoms with Gasteiger partial charge in [0.15, 0.2) is 11.5 Å². The van der Waals surface area contributed by atoms with Gasteiger partial charge in [0.25, 0.3) is 0 Å². The van der Waals surface area contributed by atoms with E-state index < -0.39 is 4.92 Å².